The molecule has 8 heteroatoms. The number of Topliss-reactive ketones (excluding diaryl/α,β-unsaturated/α-hetero) is 1. The number of aromatic nitrogens is 2. The summed E-state index contributed by atoms with van der Waals surface area (Å²) in [5.41, 5.74) is 4.12. The number of anilines is 2. The van der Waals surface area contributed by atoms with E-state index < -0.39 is 6.04 Å². The van der Waals surface area contributed by atoms with Crippen molar-refractivity contribution in [2.45, 2.75) is 39.7 Å². The summed E-state index contributed by atoms with van der Waals surface area (Å²) in [6, 6.07) is 12.3. The van der Waals surface area contributed by atoms with Crippen LogP contribution in [-0.2, 0) is 4.79 Å². The molecular weight excluding hydrogens is 471 g/mol. The number of carbonyl (C=O) groups excluding carboxylic acids is 2. The normalized spacial score (nSPS) is 18.7. The van der Waals surface area contributed by atoms with Crippen LogP contribution in [0.1, 0.15) is 54.2 Å². The van der Waals surface area contributed by atoms with E-state index in [-0.39, 0.29) is 17.1 Å². The van der Waals surface area contributed by atoms with Crippen LogP contribution in [0, 0.1) is 12.3 Å². The van der Waals surface area contributed by atoms with Crippen molar-refractivity contribution in [3.63, 3.8) is 0 Å². The number of hydrogen-bond acceptors (Lipinski definition) is 4. The Morgan fingerprint density at radius 1 is 1.15 bits per heavy atom. The van der Waals surface area contributed by atoms with Gasteiger partial charge < -0.3 is 10.6 Å². The molecule has 1 amide bonds. The lowest BCUT2D eigenvalue weighted by Gasteiger charge is -2.39. The van der Waals surface area contributed by atoms with Crippen molar-refractivity contribution in [1.29, 1.82) is 0 Å². The maximum atomic E-state index is 13.3. The van der Waals surface area contributed by atoms with E-state index in [1.807, 2.05) is 37.3 Å². The van der Waals surface area contributed by atoms with E-state index in [1.165, 1.54) is 6.20 Å². The van der Waals surface area contributed by atoms with E-state index in [1.54, 1.807) is 16.8 Å². The Morgan fingerprint density at radius 3 is 2.59 bits per heavy atom. The maximum absolute atomic E-state index is 13.3. The van der Waals surface area contributed by atoms with Crippen LogP contribution in [0.4, 0.5) is 11.5 Å². The van der Waals surface area contributed by atoms with Gasteiger partial charge in [0.1, 0.15) is 17.4 Å². The molecule has 2 N–H and O–H groups in total. The van der Waals surface area contributed by atoms with Gasteiger partial charge in [-0.3, -0.25) is 9.59 Å². The molecule has 1 unspecified atom stereocenters. The first-order chi connectivity index (χ1) is 16.1. The highest BCUT2D eigenvalue weighted by atomic mass is 35.5. The average molecular weight is 495 g/mol. The molecule has 0 saturated heterocycles. The summed E-state index contributed by atoms with van der Waals surface area (Å²) in [7, 11) is 0. The summed E-state index contributed by atoms with van der Waals surface area (Å²) in [5.74, 6) is 0.287. The Kier molecular flexibility index (Phi) is 5.53. The van der Waals surface area contributed by atoms with Crippen LogP contribution in [0.15, 0.2) is 59.9 Å². The fourth-order valence-electron chi connectivity index (χ4n) is 4.72. The zero-order valence-electron chi connectivity index (χ0n) is 19.1. The van der Waals surface area contributed by atoms with Crippen LogP contribution in [-0.4, -0.2) is 21.5 Å². The van der Waals surface area contributed by atoms with Crippen molar-refractivity contribution >= 4 is 46.4 Å². The largest absolute Gasteiger partial charge is 0.343 e. The van der Waals surface area contributed by atoms with Crippen LogP contribution >= 0.6 is 23.2 Å². The van der Waals surface area contributed by atoms with Gasteiger partial charge in [-0.05, 0) is 43.0 Å². The lowest BCUT2D eigenvalue weighted by atomic mass is 9.73. The Hall–Kier alpha value is -3.09. The number of carbonyl (C=O) groups is 2. The third-order valence-electron chi connectivity index (χ3n) is 6.31. The molecule has 1 atom stereocenters. The van der Waals surface area contributed by atoms with Gasteiger partial charge in [-0.15, -0.1) is 0 Å². The number of benzene rings is 2. The number of allylic oxidation sites excluding steroid dienone is 2. The Morgan fingerprint density at radius 2 is 1.88 bits per heavy atom. The first-order valence-corrected chi connectivity index (χ1v) is 11.8. The van der Waals surface area contributed by atoms with Crippen molar-refractivity contribution in [2.75, 3.05) is 10.6 Å². The van der Waals surface area contributed by atoms with Crippen molar-refractivity contribution in [3.05, 3.63) is 86.7 Å². The molecule has 0 radical (unpaired) electrons. The van der Waals surface area contributed by atoms with Crippen LogP contribution in [0.5, 0.6) is 0 Å². The van der Waals surface area contributed by atoms with Gasteiger partial charge in [-0.1, -0.05) is 60.8 Å². The number of amides is 1. The van der Waals surface area contributed by atoms with Gasteiger partial charge >= 0.3 is 0 Å². The molecule has 1 aromatic heterocycles. The molecule has 0 spiro atoms. The summed E-state index contributed by atoms with van der Waals surface area (Å²) in [4.78, 5) is 26.5. The van der Waals surface area contributed by atoms with Gasteiger partial charge in [0.15, 0.2) is 5.78 Å². The Labute approximate surface area is 207 Å². The second kappa shape index (κ2) is 8.29. The number of halogens is 2. The number of nitrogens with zero attached hydrogens (tertiary/aromatic N) is 2. The van der Waals surface area contributed by atoms with E-state index in [0.29, 0.717) is 51.1 Å². The lowest BCUT2D eigenvalue weighted by molar-refractivity contribution is -0.118. The molecule has 6 nitrogen and oxygen atoms in total. The third-order valence-corrected chi connectivity index (χ3v) is 6.88. The minimum absolute atomic E-state index is 0.0431. The lowest BCUT2D eigenvalue weighted by Crippen LogP contribution is -2.37. The smallest absolute Gasteiger partial charge is 0.261 e. The highest BCUT2D eigenvalue weighted by Crippen LogP contribution is 2.47. The first-order valence-electron chi connectivity index (χ1n) is 11.1. The molecule has 3 aromatic rings. The average Bonchev–Trinajstić information content (AvgIpc) is 3.17. The SMILES string of the molecule is Cc1ccc(NC(=O)c2cnn3c2NC2=C(C(=O)CC(C)(C)C2)C3c2ccc(Cl)cc2Cl)cc1. The van der Waals surface area contributed by atoms with Crippen molar-refractivity contribution in [3.8, 4) is 0 Å². The molecule has 0 saturated carbocycles. The van der Waals surface area contributed by atoms with Gasteiger partial charge in [0.2, 0.25) is 0 Å². The molecule has 1 aliphatic carbocycles. The molecule has 34 heavy (non-hydrogen) atoms. The molecule has 2 aliphatic rings. The molecule has 174 valence electrons. The monoisotopic (exact) mass is 494 g/mol. The van der Waals surface area contributed by atoms with Crippen molar-refractivity contribution < 1.29 is 9.59 Å². The number of rotatable bonds is 3. The van der Waals surface area contributed by atoms with Crippen LogP contribution in [0.3, 0.4) is 0 Å². The van der Waals surface area contributed by atoms with E-state index >= 15 is 0 Å². The molecular formula is C26H24Cl2N4O2. The Balaban J connectivity index is 1.61. The molecule has 1 aliphatic heterocycles. The first kappa shape index (κ1) is 22.7. The molecule has 0 fully saturated rings. The number of ketones is 1. The molecule has 2 heterocycles. The van der Waals surface area contributed by atoms with Crippen LogP contribution in [0.2, 0.25) is 10.0 Å². The summed E-state index contributed by atoms with van der Waals surface area (Å²) in [6.07, 6.45) is 2.61. The minimum Gasteiger partial charge on any atom is -0.343 e. The quantitative estimate of drug-likeness (QED) is 0.441. The third kappa shape index (κ3) is 4.01. The zero-order valence-corrected chi connectivity index (χ0v) is 20.6. The van der Waals surface area contributed by atoms with Gasteiger partial charge in [0.25, 0.3) is 5.91 Å². The number of nitrogens with one attached hydrogen (secondary N) is 2. The van der Waals surface area contributed by atoms with Crippen molar-refractivity contribution in [1.82, 2.24) is 9.78 Å². The summed E-state index contributed by atoms with van der Waals surface area (Å²) >= 11 is 12.7. The summed E-state index contributed by atoms with van der Waals surface area (Å²) in [6.45, 7) is 6.12. The van der Waals surface area contributed by atoms with Gasteiger partial charge in [-0.25, -0.2) is 4.68 Å². The van der Waals surface area contributed by atoms with E-state index in [9.17, 15) is 9.59 Å². The van der Waals surface area contributed by atoms with Crippen molar-refractivity contribution in [2.24, 2.45) is 5.41 Å². The van der Waals surface area contributed by atoms with Gasteiger partial charge in [0, 0.05) is 39.0 Å². The zero-order chi connectivity index (χ0) is 24.2. The highest BCUT2D eigenvalue weighted by molar-refractivity contribution is 6.35. The number of aryl methyl sites for hydroxylation is 1. The van der Waals surface area contributed by atoms with Crippen LogP contribution < -0.4 is 10.6 Å². The van der Waals surface area contributed by atoms with E-state index in [2.05, 4.69) is 29.6 Å². The highest BCUT2D eigenvalue weighted by Gasteiger charge is 2.42. The Bertz CT molecular complexity index is 1360. The number of hydrogen-bond donors (Lipinski definition) is 2. The standard InChI is InChI=1S/C26H24Cl2N4O2/c1-14-4-7-16(8-5-14)30-25(34)18-13-29-32-23(17-9-6-15(27)10-19(17)28)22-20(31-24(18)32)11-26(2,3)12-21(22)33/h4-10,13,23,31H,11-12H2,1-3H3,(H,30,34). The van der Waals surface area contributed by atoms with Crippen LogP contribution in [0.25, 0.3) is 0 Å². The molecule has 2 aromatic carbocycles. The second-order valence-electron chi connectivity index (χ2n) is 9.70. The van der Waals surface area contributed by atoms with E-state index in [0.717, 1.165) is 11.3 Å². The summed E-state index contributed by atoms with van der Waals surface area (Å²) in [5, 5.41) is 11.8. The predicted molar refractivity (Wildman–Crippen MR) is 135 cm³/mol. The predicted octanol–water partition coefficient (Wildman–Crippen LogP) is 6.41. The maximum Gasteiger partial charge on any atom is 0.261 e. The topological polar surface area (TPSA) is 76.0 Å². The molecule has 5 rings (SSSR count). The fourth-order valence-corrected chi connectivity index (χ4v) is 5.24. The minimum atomic E-state index is -0.555. The van der Waals surface area contributed by atoms with Gasteiger partial charge in [0.05, 0.1) is 6.20 Å². The summed E-state index contributed by atoms with van der Waals surface area (Å²) < 4.78 is 1.67. The number of fused-ring (bicyclic) bond motifs is 1. The second-order valence-corrected chi connectivity index (χ2v) is 10.5. The van der Waals surface area contributed by atoms with Gasteiger partial charge in [-0.2, -0.15) is 5.10 Å². The van der Waals surface area contributed by atoms with E-state index in [4.69, 9.17) is 23.2 Å². The fraction of sp³-hybridized carbons (Fsp3) is 0.269. The molecule has 0 bridgehead atoms.